The minimum absolute atomic E-state index is 0.176. The number of hydrogen-bond acceptors (Lipinski definition) is 2. The second-order valence-corrected chi connectivity index (χ2v) is 6.42. The number of nitrogens with zero attached hydrogens (tertiary/aromatic N) is 1. The quantitative estimate of drug-likeness (QED) is 0.782. The van der Waals surface area contributed by atoms with Crippen molar-refractivity contribution >= 4 is 5.91 Å². The molecule has 0 aliphatic heterocycles. The maximum absolute atomic E-state index is 12.9. The third kappa shape index (κ3) is 3.14. The van der Waals surface area contributed by atoms with Crippen LogP contribution in [0.3, 0.4) is 0 Å². The molecule has 0 heterocycles. The summed E-state index contributed by atoms with van der Waals surface area (Å²) >= 11 is 0. The third-order valence-corrected chi connectivity index (χ3v) is 4.02. The molecule has 0 spiro atoms. The van der Waals surface area contributed by atoms with Crippen molar-refractivity contribution < 1.29 is 4.79 Å². The molecule has 0 atom stereocenters. The number of hydrogen-bond donors (Lipinski definition) is 1. The first-order valence-electron chi connectivity index (χ1n) is 7.00. The van der Waals surface area contributed by atoms with Gasteiger partial charge in [-0.2, -0.15) is 0 Å². The van der Waals surface area contributed by atoms with E-state index in [0.717, 1.165) is 25.7 Å². The topological polar surface area (TPSA) is 46.3 Å². The van der Waals surface area contributed by atoms with Crippen molar-refractivity contribution in [3.8, 4) is 0 Å². The Hall–Kier alpha value is -0.830. The van der Waals surface area contributed by atoms with Gasteiger partial charge in [-0.1, -0.05) is 25.3 Å². The van der Waals surface area contributed by atoms with Crippen LogP contribution in [0.2, 0.25) is 0 Å². The van der Waals surface area contributed by atoms with Crippen molar-refractivity contribution in [1.29, 1.82) is 0 Å². The highest BCUT2D eigenvalue weighted by Gasteiger charge is 2.43. The number of amides is 1. The van der Waals surface area contributed by atoms with Gasteiger partial charge in [0, 0.05) is 18.6 Å². The molecule has 0 radical (unpaired) electrons. The van der Waals surface area contributed by atoms with E-state index in [0.29, 0.717) is 13.1 Å². The fourth-order valence-electron chi connectivity index (χ4n) is 2.81. The van der Waals surface area contributed by atoms with Crippen molar-refractivity contribution in [3.05, 3.63) is 12.7 Å². The van der Waals surface area contributed by atoms with Crippen molar-refractivity contribution in [1.82, 2.24) is 4.90 Å². The highest BCUT2D eigenvalue weighted by Crippen LogP contribution is 2.38. The molecule has 0 bridgehead atoms. The molecule has 0 aromatic heterocycles. The first-order chi connectivity index (χ1) is 8.37. The maximum atomic E-state index is 12.9. The fraction of sp³-hybridized carbons (Fsp3) is 0.800. The summed E-state index contributed by atoms with van der Waals surface area (Å²) in [6.07, 6.45) is 7.14. The van der Waals surface area contributed by atoms with Crippen LogP contribution in [-0.2, 0) is 4.79 Å². The summed E-state index contributed by atoms with van der Waals surface area (Å²) in [7, 11) is 0. The van der Waals surface area contributed by atoms with Gasteiger partial charge in [0.25, 0.3) is 0 Å². The van der Waals surface area contributed by atoms with E-state index in [2.05, 4.69) is 27.4 Å². The fourth-order valence-corrected chi connectivity index (χ4v) is 2.81. The second kappa shape index (κ2) is 5.87. The molecule has 1 amide bonds. The van der Waals surface area contributed by atoms with E-state index in [9.17, 15) is 4.79 Å². The largest absolute Gasteiger partial charge is 0.334 e. The smallest absolute Gasteiger partial charge is 0.230 e. The van der Waals surface area contributed by atoms with E-state index in [1.165, 1.54) is 6.42 Å². The van der Waals surface area contributed by atoms with Crippen LogP contribution in [0.1, 0.15) is 52.9 Å². The van der Waals surface area contributed by atoms with Crippen molar-refractivity contribution in [2.75, 3.05) is 13.1 Å². The molecular weight excluding hydrogens is 224 g/mol. The molecule has 0 unspecified atom stereocenters. The van der Waals surface area contributed by atoms with Gasteiger partial charge in [0.2, 0.25) is 5.91 Å². The van der Waals surface area contributed by atoms with Gasteiger partial charge in [0.1, 0.15) is 0 Å². The lowest BCUT2D eigenvalue weighted by Gasteiger charge is -2.44. The van der Waals surface area contributed by atoms with E-state index < -0.39 is 0 Å². The van der Waals surface area contributed by atoms with Gasteiger partial charge in [-0.25, -0.2) is 0 Å². The molecule has 2 N–H and O–H groups in total. The number of carbonyl (C=O) groups is 1. The van der Waals surface area contributed by atoms with E-state index >= 15 is 0 Å². The Labute approximate surface area is 111 Å². The summed E-state index contributed by atoms with van der Waals surface area (Å²) in [5, 5.41) is 0. The van der Waals surface area contributed by atoms with Crippen LogP contribution < -0.4 is 5.73 Å². The lowest BCUT2D eigenvalue weighted by atomic mass is 9.72. The average molecular weight is 252 g/mol. The van der Waals surface area contributed by atoms with E-state index in [-0.39, 0.29) is 16.9 Å². The Morgan fingerprint density at radius 2 is 1.89 bits per heavy atom. The van der Waals surface area contributed by atoms with Gasteiger partial charge in [0.05, 0.1) is 5.41 Å². The van der Waals surface area contributed by atoms with Crippen molar-refractivity contribution in [2.24, 2.45) is 11.1 Å². The molecule has 1 saturated carbocycles. The Morgan fingerprint density at radius 3 is 2.28 bits per heavy atom. The number of rotatable bonds is 4. The molecule has 0 saturated heterocycles. The molecular formula is C15H28N2O. The first-order valence-corrected chi connectivity index (χ1v) is 7.00. The molecule has 3 nitrogen and oxygen atoms in total. The minimum atomic E-state index is -0.325. The summed E-state index contributed by atoms with van der Waals surface area (Å²) in [6, 6.07) is 0. The highest BCUT2D eigenvalue weighted by molar-refractivity contribution is 5.84. The number of carbonyl (C=O) groups excluding carboxylic acids is 1. The minimum Gasteiger partial charge on any atom is -0.334 e. The predicted octanol–water partition coefficient (Wildman–Crippen LogP) is 2.71. The average Bonchev–Trinajstić information content (AvgIpc) is 2.34. The van der Waals surface area contributed by atoms with Crippen LogP contribution >= 0.6 is 0 Å². The van der Waals surface area contributed by atoms with Gasteiger partial charge >= 0.3 is 0 Å². The molecule has 1 aliphatic rings. The zero-order valence-corrected chi connectivity index (χ0v) is 12.2. The SMILES string of the molecule is C=CCN(C(=O)C1(CN)CCCCC1)C(C)(C)C. The van der Waals surface area contributed by atoms with E-state index in [1.54, 1.807) is 6.08 Å². The molecule has 0 aromatic carbocycles. The van der Waals surface area contributed by atoms with Gasteiger partial charge < -0.3 is 10.6 Å². The monoisotopic (exact) mass is 252 g/mol. The standard InChI is InChI=1S/C15H28N2O/c1-5-11-17(14(2,3)4)13(18)15(12-16)9-7-6-8-10-15/h5H,1,6-12,16H2,2-4H3. The molecule has 18 heavy (non-hydrogen) atoms. The number of nitrogens with two attached hydrogens (primary N) is 1. The van der Waals surface area contributed by atoms with Crippen LogP contribution in [-0.4, -0.2) is 29.4 Å². The van der Waals surface area contributed by atoms with Crippen molar-refractivity contribution in [2.45, 2.75) is 58.4 Å². The Morgan fingerprint density at radius 1 is 1.33 bits per heavy atom. The Kier molecular flexibility index (Phi) is 4.97. The molecule has 1 fully saturated rings. The molecule has 1 rings (SSSR count). The van der Waals surface area contributed by atoms with Crippen LogP contribution in [0, 0.1) is 5.41 Å². The van der Waals surface area contributed by atoms with Gasteiger partial charge in [0.15, 0.2) is 0 Å². The lowest BCUT2D eigenvalue weighted by molar-refractivity contribution is -0.148. The molecule has 104 valence electrons. The first kappa shape index (κ1) is 15.2. The molecule has 3 heteroatoms. The van der Waals surface area contributed by atoms with Crippen LogP contribution in [0.25, 0.3) is 0 Å². The zero-order chi connectivity index (χ0) is 13.8. The normalized spacial score (nSPS) is 19.3. The molecule has 1 aliphatic carbocycles. The molecule has 0 aromatic rings. The predicted molar refractivity (Wildman–Crippen MR) is 76.2 cm³/mol. The van der Waals surface area contributed by atoms with Gasteiger partial charge in [-0.15, -0.1) is 6.58 Å². The summed E-state index contributed by atoms with van der Waals surface area (Å²) in [5.74, 6) is 0.220. The summed E-state index contributed by atoms with van der Waals surface area (Å²) in [6.45, 7) is 11.0. The lowest BCUT2D eigenvalue weighted by Crippen LogP contribution is -2.55. The summed E-state index contributed by atoms with van der Waals surface area (Å²) in [4.78, 5) is 14.8. The van der Waals surface area contributed by atoms with Crippen LogP contribution in [0.15, 0.2) is 12.7 Å². The Bertz CT molecular complexity index is 298. The maximum Gasteiger partial charge on any atom is 0.230 e. The van der Waals surface area contributed by atoms with Gasteiger partial charge in [-0.3, -0.25) is 4.79 Å². The Balaban J connectivity index is 2.95. The van der Waals surface area contributed by atoms with Gasteiger partial charge in [-0.05, 0) is 33.6 Å². The van der Waals surface area contributed by atoms with Crippen molar-refractivity contribution in [3.63, 3.8) is 0 Å². The zero-order valence-electron chi connectivity index (χ0n) is 12.2. The highest BCUT2D eigenvalue weighted by atomic mass is 16.2. The van der Waals surface area contributed by atoms with E-state index in [4.69, 9.17) is 5.73 Å². The summed E-state index contributed by atoms with van der Waals surface area (Å²) in [5.41, 5.74) is 5.44. The van der Waals surface area contributed by atoms with Crippen LogP contribution in [0.4, 0.5) is 0 Å². The van der Waals surface area contributed by atoms with E-state index in [1.807, 2.05) is 4.90 Å². The third-order valence-electron chi connectivity index (χ3n) is 4.02. The summed E-state index contributed by atoms with van der Waals surface area (Å²) < 4.78 is 0. The second-order valence-electron chi connectivity index (χ2n) is 6.42. The van der Waals surface area contributed by atoms with Crippen LogP contribution in [0.5, 0.6) is 0 Å².